The highest BCUT2D eigenvalue weighted by atomic mass is 15.5. The van der Waals surface area contributed by atoms with Crippen LogP contribution in [0.3, 0.4) is 0 Å². The van der Waals surface area contributed by atoms with Gasteiger partial charge < -0.3 is 19.6 Å². The molecule has 0 spiro atoms. The zero-order valence-corrected chi connectivity index (χ0v) is 29.2. The van der Waals surface area contributed by atoms with Crippen molar-refractivity contribution in [3.63, 3.8) is 0 Å². The van der Waals surface area contributed by atoms with Crippen molar-refractivity contribution in [3.8, 4) is 0 Å². The molecular weight excluding hydrogens is 560 g/mol. The fourth-order valence-electron chi connectivity index (χ4n) is 6.81. The third kappa shape index (κ3) is 6.27. The smallest absolute Gasteiger partial charge is 0.156 e. The Labute approximate surface area is 278 Å². The Morgan fingerprint density at radius 2 is 0.565 bits per heavy atom. The van der Waals surface area contributed by atoms with Crippen molar-refractivity contribution in [1.29, 1.82) is 0 Å². The fourth-order valence-corrected chi connectivity index (χ4v) is 6.81. The Kier molecular flexibility index (Phi) is 9.18. The lowest BCUT2D eigenvalue weighted by atomic mass is 10.0. The van der Waals surface area contributed by atoms with E-state index < -0.39 is 0 Å². The molecule has 0 aromatic heterocycles. The van der Waals surface area contributed by atoms with E-state index >= 15 is 0 Å². The molecule has 0 unspecified atom stereocenters. The molecule has 2 aliphatic heterocycles. The van der Waals surface area contributed by atoms with Gasteiger partial charge in [-0.05, 0) is 94.5 Å². The second-order valence-electron chi connectivity index (χ2n) is 14.3. The number of hydrogen-bond donors (Lipinski definition) is 0. The number of hydrogen-bond acceptors (Lipinski definition) is 4. The molecule has 6 rings (SSSR count). The second-order valence-corrected chi connectivity index (χ2v) is 14.3. The van der Waals surface area contributed by atoms with Crippen LogP contribution < -0.4 is 19.6 Å². The topological polar surface area (TPSA) is 13.0 Å². The predicted octanol–water partition coefficient (Wildman–Crippen LogP) is 10.7. The maximum atomic E-state index is 2.58. The van der Waals surface area contributed by atoms with E-state index in [0.717, 1.165) is 26.2 Å². The lowest BCUT2D eigenvalue weighted by molar-refractivity contribution is 0.860. The number of rotatable bonds is 8. The summed E-state index contributed by atoms with van der Waals surface area (Å²) < 4.78 is 0. The normalized spacial score (nSPS) is 15.6. The van der Waals surface area contributed by atoms with Gasteiger partial charge in [-0.15, -0.1) is 0 Å². The largest absolute Gasteiger partial charge is 0.323 e. The summed E-state index contributed by atoms with van der Waals surface area (Å²) in [6, 6.07) is 36.8. The average molecular weight is 613 g/mol. The molecule has 46 heavy (non-hydrogen) atoms. The maximum absolute atomic E-state index is 2.58. The van der Waals surface area contributed by atoms with Crippen LogP contribution in [0.15, 0.2) is 109 Å². The first kappa shape index (κ1) is 31.8. The molecule has 0 atom stereocenters. The van der Waals surface area contributed by atoms with Crippen LogP contribution in [-0.4, -0.2) is 26.2 Å². The molecule has 4 aromatic carbocycles. The maximum Gasteiger partial charge on any atom is 0.156 e. The van der Waals surface area contributed by atoms with Crippen molar-refractivity contribution < 1.29 is 0 Å². The van der Waals surface area contributed by atoms with Gasteiger partial charge in [-0.2, -0.15) is 0 Å². The highest BCUT2D eigenvalue weighted by molar-refractivity contribution is 5.74. The Bertz CT molecular complexity index is 1450. The van der Waals surface area contributed by atoms with Gasteiger partial charge in [0.2, 0.25) is 0 Å². The van der Waals surface area contributed by atoms with Gasteiger partial charge in [0, 0.05) is 48.9 Å². The second kappa shape index (κ2) is 13.3. The van der Waals surface area contributed by atoms with Gasteiger partial charge in [0.05, 0.1) is 0 Å². The Balaban J connectivity index is 1.61. The highest BCUT2D eigenvalue weighted by Crippen LogP contribution is 2.41. The zero-order chi connectivity index (χ0) is 32.5. The Morgan fingerprint density at radius 1 is 0.348 bits per heavy atom. The summed E-state index contributed by atoms with van der Waals surface area (Å²) in [6.45, 7) is 22.0. The molecule has 4 heteroatoms. The highest BCUT2D eigenvalue weighted by Gasteiger charge is 2.39. The third-order valence-electron chi connectivity index (χ3n) is 9.71. The summed E-state index contributed by atoms with van der Waals surface area (Å²) in [5.74, 6) is 4.38. The van der Waals surface area contributed by atoms with Gasteiger partial charge in [-0.1, -0.05) is 104 Å². The molecular formula is C42H52N4. The van der Waals surface area contributed by atoms with Gasteiger partial charge in [0.25, 0.3) is 0 Å². The first-order valence-corrected chi connectivity index (χ1v) is 17.4. The molecule has 4 nitrogen and oxygen atoms in total. The van der Waals surface area contributed by atoms with E-state index in [1.807, 2.05) is 0 Å². The van der Waals surface area contributed by atoms with Crippen LogP contribution in [0.25, 0.3) is 0 Å². The van der Waals surface area contributed by atoms with Crippen molar-refractivity contribution in [2.45, 2.75) is 79.1 Å². The number of anilines is 4. The minimum absolute atomic E-state index is 0.467. The summed E-state index contributed by atoms with van der Waals surface area (Å²) >= 11 is 0. The average Bonchev–Trinajstić information content (AvgIpc) is 3.70. The zero-order valence-electron chi connectivity index (χ0n) is 29.2. The van der Waals surface area contributed by atoms with Crippen LogP contribution in [0.1, 0.15) is 101 Å². The molecule has 0 bridgehead atoms. The molecule has 0 amide bonds. The minimum atomic E-state index is 0.467. The van der Waals surface area contributed by atoms with E-state index in [-0.39, 0.29) is 0 Å². The summed E-state index contributed by atoms with van der Waals surface area (Å²) in [5.41, 5.74) is 10.5. The molecule has 0 aliphatic carbocycles. The summed E-state index contributed by atoms with van der Waals surface area (Å²) in [5, 5.41) is 0. The molecule has 0 N–H and O–H groups in total. The SMILES string of the molecule is CC(C)c1cccc(N2CCN(c3cccc(C(C)C)c3)C2=C2N(c3cccc(C(C)C)c3)CCN2c2cccc(C(C)C)c2)c1. The first-order valence-electron chi connectivity index (χ1n) is 17.4. The Morgan fingerprint density at radius 3 is 0.761 bits per heavy atom. The van der Waals surface area contributed by atoms with E-state index in [1.54, 1.807) is 0 Å². The summed E-state index contributed by atoms with van der Waals surface area (Å²) in [7, 11) is 0. The standard InChI is InChI=1S/C42H52N4/c1-29(2)33-13-9-17-37(25-33)43-21-22-44(38-18-10-14-34(26-38)30(3)4)41(43)42-45(39-19-11-15-35(27-39)31(5)6)23-24-46(42)40-20-12-16-36(28-40)32(7)8/h9-20,25-32H,21-24H2,1-8H3. The van der Waals surface area contributed by atoms with Gasteiger partial charge >= 0.3 is 0 Å². The monoisotopic (exact) mass is 612 g/mol. The van der Waals surface area contributed by atoms with Crippen LogP contribution in [0.2, 0.25) is 0 Å². The Hall–Kier alpha value is -4.18. The fraction of sp³-hybridized carbons (Fsp3) is 0.381. The van der Waals surface area contributed by atoms with E-state index in [4.69, 9.17) is 0 Å². The molecule has 0 saturated carbocycles. The number of nitrogens with zero attached hydrogens (tertiary/aromatic N) is 4. The van der Waals surface area contributed by atoms with E-state index in [1.165, 1.54) is 56.6 Å². The molecule has 240 valence electrons. The van der Waals surface area contributed by atoms with Crippen molar-refractivity contribution in [2.75, 3.05) is 45.8 Å². The van der Waals surface area contributed by atoms with Crippen molar-refractivity contribution in [1.82, 2.24) is 0 Å². The molecule has 2 saturated heterocycles. The van der Waals surface area contributed by atoms with Crippen molar-refractivity contribution in [2.24, 2.45) is 0 Å². The number of benzene rings is 4. The van der Waals surface area contributed by atoms with Crippen LogP contribution in [-0.2, 0) is 0 Å². The molecule has 2 fully saturated rings. The van der Waals surface area contributed by atoms with E-state index in [0.29, 0.717) is 23.7 Å². The van der Waals surface area contributed by atoms with Crippen LogP contribution in [0.5, 0.6) is 0 Å². The van der Waals surface area contributed by atoms with Gasteiger partial charge in [-0.3, -0.25) is 0 Å². The predicted molar refractivity (Wildman–Crippen MR) is 199 cm³/mol. The lowest BCUT2D eigenvalue weighted by Gasteiger charge is -2.34. The van der Waals surface area contributed by atoms with Crippen molar-refractivity contribution >= 4 is 22.7 Å². The summed E-state index contributed by atoms with van der Waals surface area (Å²) in [4.78, 5) is 10.3. The third-order valence-corrected chi connectivity index (χ3v) is 9.71. The van der Waals surface area contributed by atoms with Crippen molar-refractivity contribution in [3.05, 3.63) is 131 Å². The lowest BCUT2D eigenvalue weighted by Crippen LogP contribution is -2.34. The first-order chi connectivity index (χ1) is 22.1. The van der Waals surface area contributed by atoms with Gasteiger partial charge in [0.15, 0.2) is 11.6 Å². The minimum Gasteiger partial charge on any atom is -0.323 e. The molecule has 4 aromatic rings. The van der Waals surface area contributed by atoms with Crippen LogP contribution in [0, 0.1) is 0 Å². The van der Waals surface area contributed by atoms with Gasteiger partial charge in [-0.25, -0.2) is 0 Å². The van der Waals surface area contributed by atoms with E-state index in [9.17, 15) is 0 Å². The van der Waals surface area contributed by atoms with E-state index in [2.05, 4.69) is 172 Å². The van der Waals surface area contributed by atoms with Gasteiger partial charge in [0.1, 0.15) is 0 Å². The molecule has 0 radical (unpaired) electrons. The van der Waals surface area contributed by atoms with Crippen LogP contribution in [0.4, 0.5) is 22.7 Å². The quantitative estimate of drug-likeness (QED) is 0.196. The molecule has 2 heterocycles. The van der Waals surface area contributed by atoms with Crippen LogP contribution >= 0.6 is 0 Å². The summed E-state index contributed by atoms with van der Waals surface area (Å²) in [6.07, 6.45) is 0. The molecule has 2 aliphatic rings.